The normalized spacial score (nSPS) is 13.1. The maximum absolute atomic E-state index is 12.3. The summed E-state index contributed by atoms with van der Waals surface area (Å²) in [5, 5.41) is 4.65. The maximum atomic E-state index is 12.3. The molecule has 4 rings (SSSR count). The minimum atomic E-state index is -0.187. The monoisotopic (exact) mass is 381 g/mol. The fourth-order valence-corrected chi connectivity index (χ4v) is 3.84. The number of nitrogens with zero attached hydrogens (tertiary/aromatic N) is 2. The van der Waals surface area contributed by atoms with Crippen LogP contribution in [0.3, 0.4) is 0 Å². The van der Waals surface area contributed by atoms with Crippen LogP contribution in [-0.2, 0) is 11.3 Å². The van der Waals surface area contributed by atoms with E-state index in [1.54, 1.807) is 30.0 Å². The van der Waals surface area contributed by atoms with Gasteiger partial charge in [-0.3, -0.25) is 4.79 Å². The van der Waals surface area contributed by atoms with Crippen LogP contribution in [0, 0.1) is 0 Å². The van der Waals surface area contributed by atoms with Gasteiger partial charge >= 0.3 is 0 Å². The van der Waals surface area contributed by atoms with Crippen molar-refractivity contribution in [1.82, 2.24) is 9.55 Å². The predicted molar refractivity (Wildman–Crippen MR) is 108 cm³/mol. The predicted octanol–water partition coefficient (Wildman–Crippen LogP) is 4.96. The molecule has 2 aromatic carbocycles. The van der Waals surface area contributed by atoms with E-state index in [-0.39, 0.29) is 5.91 Å². The fraction of sp³-hybridized carbons (Fsp3) is 0.100. The Morgan fingerprint density at radius 2 is 2.00 bits per heavy atom. The first-order chi connectivity index (χ1) is 12.7. The Labute approximate surface area is 160 Å². The van der Waals surface area contributed by atoms with Gasteiger partial charge in [-0.1, -0.05) is 53.7 Å². The molecule has 0 unspecified atom stereocenters. The van der Waals surface area contributed by atoms with Gasteiger partial charge in [0.2, 0.25) is 5.91 Å². The lowest BCUT2D eigenvalue weighted by atomic mass is 10.1. The molecule has 6 heteroatoms. The summed E-state index contributed by atoms with van der Waals surface area (Å²) < 4.78 is 2.15. The molecule has 1 aliphatic rings. The third-order valence-corrected chi connectivity index (χ3v) is 5.28. The molecule has 1 N–H and O–H groups in total. The molecule has 2 heterocycles. The molecule has 3 aromatic rings. The van der Waals surface area contributed by atoms with Gasteiger partial charge < -0.3 is 9.88 Å². The van der Waals surface area contributed by atoms with E-state index < -0.39 is 0 Å². The molecule has 0 atom stereocenters. The van der Waals surface area contributed by atoms with E-state index in [1.165, 1.54) is 6.08 Å². The Morgan fingerprint density at radius 1 is 1.19 bits per heavy atom. The van der Waals surface area contributed by atoms with E-state index in [9.17, 15) is 4.79 Å². The Kier molecular flexibility index (Phi) is 4.82. The van der Waals surface area contributed by atoms with Crippen molar-refractivity contribution >= 4 is 41.0 Å². The standard InChI is InChI=1S/C20H16ClN3OS/c21-15-8-5-14(6-9-15)7-10-19(25)22-17-4-2-1-3-16(17)18-13-24-11-12-26-20(24)23-18/h1-10,13H,11-12H2,(H,22,25)/b10-7+. The first-order valence-corrected chi connectivity index (χ1v) is 9.59. The third kappa shape index (κ3) is 3.69. The van der Waals surface area contributed by atoms with Crippen LogP contribution in [0.15, 0.2) is 66.0 Å². The number of hydrogen-bond donors (Lipinski definition) is 1. The average Bonchev–Trinajstić information content (AvgIpc) is 3.24. The van der Waals surface area contributed by atoms with Crippen molar-refractivity contribution in [1.29, 1.82) is 0 Å². The first kappa shape index (κ1) is 16.9. The molecular weight excluding hydrogens is 366 g/mol. The van der Waals surface area contributed by atoms with Crippen LogP contribution in [-0.4, -0.2) is 21.2 Å². The number of benzene rings is 2. The van der Waals surface area contributed by atoms with Crippen LogP contribution in [0.4, 0.5) is 5.69 Å². The van der Waals surface area contributed by atoms with E-state index in [0.29, 0.717) is 5.02 Å². The number of fused-ring (bicyclic) bond motifs is 1. The molecule has 0 spiro atoms. The van der Waals surface area contributed by atoms with Gasteiger partial charge in [0.25, 0.3) is 0 Å². The lowest BCUT2D eigenvalue weighted by Gasteiger charge is -2.08. The zero-order valence-electron chi connectivity index (χ0n) is 13.9. The highest BCUT2D eigenvalue weighted by molar-refractivity contribution is 7.99. The van der Waals surface area contributed by atoms with Crippen LogP contribution in [0.2, 0.25) is 5.02 Å². The summed E-state index contributed by atoms with van der Waals surface area (Å²) in [4.78, 5) is 17.0. The molecule has 0 radical (unpaired) electrons. The Bertz CT molecular complexity index is 957. The molecule has 4 nitrogen and oxygen atoms in total. The van der Waals surface area contributed by atoms with Crippen molar-refractivity contribution in [2.75, 3.05) is 11.1 Å². The number of thioether (sulfide) groups is 1. The lowest BCUT2D eigenvalue weighted by Crippen LogP contribution is -2.08. The van der Waals surface area contributed by atoms with Crippen molar-refractivity contribution in [3.05, 3.63) is 71.4 Å². The number of carbonyl (C=O) groups is 1. The molecule has 0 saturated heterocycles. The SMILES string of the molecule is O=C(/C=C/c1ccc(Cl)cc1)Nc1ccccc1-c1cn2c(n1)SCC2. The van der Waals surface area contributed by atoms with Crippen molar-refractivity contribution < 1.29 is 4.79 Å². The van der Waals surface area contributed by atoms with Crippen LogP contribution in [0.1, 0.15) is 5.56 Å². The van der Waals surface area contributed by atoms with E-state index in [2.05, 4.69) is 14.9 Å². The van der Waals surface area contributed by atoms with Crippen LogP contribution >= 0.6 is 23.4 Å². The Balaban J connectivity index is 1.52. The second-order valence-corrected chi connectivity index (χ2v) is 7.37. The largest absolute Gasteiger partial charge is 0.325 e. The molecule has 26 heavy (non-hydrogen) atoms. The van der Waals surface area contributed by atoms with E-state index in [1.807, 2.05) is 42.6 Å². The Morgan fingerprint density at radius 3 is 2.81 bits per heavy atom. The zero-order chi connectivity index (χ0) is 17.9. The summed E-state index contributed by atoms with van der Waals surface area (Å²) in [6.45, 7) is 0.978. The molecule has 0 bridgehead atoms. The topological polar surface area (TPSA) is 46.9 Å². The van der Waals surface area contributed by atoms with Crippen molar-refractivity contribution in [2.24, 2.45) is 0 Å². The first-order valence-electron chi connectivity index (χ1n) is 8.23. The molecule has 1 amide bonds. The van der Waals surface area contributed by atoms with Gasteiger partial charge in [-0.2, -0.15) is 0 Å². The van der Waals surface area contributed by atoms with E-state index in [4.69, 9.17) is 11.6 Å². The number of nitrogens with one attached hydrogen (secondary N) is 1. The number of carbonyl (C=O) groups excluding carboxylic acids is 1. The number of hydrogen-bond acceptors (Lipinski definition) is 3. The summed E-state index contributed by atoms with van der Waals surface area (Å²) in [7, 11) is 0. The third-order valence-electron chi connectivity index (χ3n) is 4.06. The molecule has 0 fully saturated rings. The number of halogens is 1. The number of amides is 1. The Hall–Kier alpha value is -2.50. The number of aromatic nitrogens is 2. The van der Waals surface area contributed by atoms with Crippen molar-refractivity contribution in [3.8, 4) is 11.3 Å². The molecular formula is C20H16ClN3OS. The number of para-hydroxylation sites is 1. The minimum Gasteiger partial charge on any atom is -0.325 e. The van der Waals surface area contributed by atoms with Gasteiger partial charge in [0.1, 0.15) is 0 Å². The second-order valence-electron chi connectivity index (χ2n) is 5.87. The highest BCUT2D eigenvalue weighted by Crippen LogP contribution is 2.32. The number of rotatable bonds is 4. The molecule has 1 aromatic heterocycles. The average molecular weight is 382 g/mol. The summed E-state index contributed by atoms with van der Waals surface area (Å²) >= 11 is 7.63. The fourth-order valence-electron chi connectivity index (χ4n) is 2.78. The second kappa shape index (κ2) is 7.40. The molecule has 0 aliphatic carbocycles. The maximum Gasteiger partial charge on any atom is 0.248 e. The van der Waals surface area contributed by atoms with Crippen molar-refractivity contribution in [2.45, 2.75) is 11.7 Å². The molecule has 1 aliphatic heterocycles. The number of aryl methyl sites for hydroxylation is 1. The highest BCUT2D eigenvalue weighted by atomic mass is 35.5. The summed E-state index contributed by atoms with van der Waals surface area (Å²) in [6.07, 6.45) is 5.32. The van der Waals surface area contributed by atoms with Gasteiger partial charge in [-0.05, 0) is 29.8 Å². The van der Waals surface area contributed by atoms with Crippen molar-refractivity contribution in [3.63, 3.8) is 0 Å². The van der Waals surface area contributed by atoms with E-state index >= 15 is 0 Å². The van der Waals surface area contributed by atoms with Gasteiger partial charge in [-0.25, -0.2) is 4.98 Å². The quantitative estimate of drug-likeness (QED) is 0.649. The van der Waals surface area contributed by atoms with Crippen LogP contribution in [0.25, 0.3) is 17.3 Å². The highest BCUT2D eigenvalue weighted by Gasteiger charge is 2.17. The lowest BCUT2D eigenvalue weighted by molar-refractivity contribution is -0.111. The zero-order valence-corrected chi connectivity index (χ0v) is 15.4. The van der Waals surface area contributed by atoms with Gasteiger partial charge in [0.15, 0.2) is 5.16 Å². The summed E-state index contributed by atoms with van der Waals surface area (Å²) in [5.41, 5.74) is 3.47. The smallest absolute Gasteiger partial charge is 0.248 e. The summed E-state index contributed by atoms with van der Waals surface area (Å²) in [6, 6.07) is 15.0. The van der Waals surface area contributed by atoms with Gasteiger partial charge in [0.05, 0.1) is 11.4 Å². The molecule has 0 saturated carbocycles. The van der Waals surface area contributed by atoms with Gasteiger partial charge in [-0.15, -0.1) is 0 Å². The van der Waals surface area contributed by atoms with Gasteiger partial charge in [0, 0.05) is 35.2 Å². The van der Waals surface area contributed by atoms with Crippen LogP contribution in [0.5, 0.6) is 0 Å². The van der Waals surface area contributed by atoms with E-state index in [0.717, 1.165) is 40.0 Å². The summed E-state index contributed by atoms with van der Waals surface area (Å²) in [5.74, 6) is 0.879. The minimum absolute atomic E-state index is 0.187. The van der Waals surface area contributed by atoms with Crippen LogP contribution < -0.4 is 5.32 Å². The molecule has 130 valence electrons. The number of imidazole rings is 1. The number of anilines is 1.